The van der Waals surface area contributed by atoms with Crippen LogP contribution in [0.4, 0.5) is 0 Å². The van der Waals surface area contributed by atoms with Crippen molar-refractivity contribution in [2.24, 2.45) is 5.92 Å². The summed E-state index contributed by atoms with van der Waals surface area (Å²) in [4.78, 5) is 12.7. The topological polar surface area (TPSA) is 55.8 Å². The molecule has 3 aliphatic rings. The first-order valence-electron chi connectivity index (χ1n) is 8.29. The summed E-state index contributed by atoms with van der Waals surface area (Å²) in [5, 5.41) is 9.88. The smallest absolute Gasteiger partial charge is 0.339 e. The standard InChI is InChI=1S/C21H16O4/c1-12-6-8-15-14(10-12)20(23)25-21(15)16-4-2-3-5-18(16)24-19-11-13(22)7-9-17(19)21/h2-11,16,18,22H,1H3. The number of hydrogen-bond donors (Lipinski definition) is 1. The highest BCUT2D eigenvalue weighted by atomic mass is 16.6. The van der Waals surface area contributed by atoms with Gasteiger partial charge in [0.2, 0.25) is 0 Å². The number of carbonyl (C=O) groups is 1. The first kappa shape index (κ1) is 14.3. The lowest BCUT2D eigenvalue weighted by atomic mass is 9.70. The number of esters is 1. The van der Waals surface area contributed by atoms with Crippen LogP contribution in [0.25, 0.3) is 0 Å². The molecule has 0 saturated heterocycles. The Morgan fingerprint density at radius 1 is 1.04 bits per heavy atom. The van der Waals surface area contributed by atoms with Gasteiger partial charge in [0.15, 0.2) is 5.60 Å². The lowest BCUT2D eigenvalue weighted by Gasteiger charge is -2.44. The number of rotatable bonds is 0. The molecular weight excluding hydrogens is 316 g/mol. The summed E-state index contributed by atoms with van der Waals surface area (Å²) in [5.41, 5.74) is 2.30. The second-order valence-electron chi connectivity index (χ2n) is 6.73. The van der Waals surface area contributed by atoms with Crippen molar-refractivity contribution in [1.29, 1.82) is 0 Å². The number of benzene rings is 2. The van der Waals surface area contributed by atoms with Crippen molar-refractivity contribution in [3.05, 3.63) is 83.0 Å². The maximum absolute atomic E-state index is 12.7. The Balaban J connectivity index is 1.84. The summed E-state index contributed by atoms with van der Waals surface area (Å²) in [5.74, 6) is 0.183. The Labute approximate surface area is 145 Å². The van der Waals surface area contributed by atoms with Crippen molar-refractivity contribution in [2.75, 3.05) is 0 Å². The van der Waals surface area contributed by atoms with Crippen LogP contribution in [0, 0.1) is 12.8 Å². The van der Waals surface area contributed by atoms with Gasteiger partial charge in [-0.3, -0.25) is 0 Å². The van der Waals surface area contributed by atoms with Crippen LogP contribution in [0.15, 0.2) is 60.7 Å². The largest absolute Gasteiger partial charge is 0.508 e. The van der Waals surface area contributed by atoms with E-state index in [1.54, 1.807) is 18.2 Å². The van der Waals surface area contributed by atoms with Crippen molar-refractivity contribution in [3.63, 3.8) is 0 Å². The van der Waals surface area contributed by atoms with Crippen LogP contribution >= 0.6 is 0 Å². The molecule has 4 nitrogen and oxygen atoms in total. The Morgan fingerprint density at radius 2 is 1.84 bits per heavy atom. The van der Waals surface area contributed by atoms with E-state index in [0.29, 0.717) is 11.3 Å². The highest BCUT2D eigenvalue weighted by Gasteiger charge is 2.58. The molecule has 5 rings (SSSR count). The van der Waals surface area contributed by atoms with Gasteiger partial charge in [-0.15, -0.1) is 0 Å². The van der Waals surface area contributed by atoms with Crippen LogP contribution in [0.1, 0.15) is 27.0 Å². The van der Waals surface area contributed by atoms with Gasteiger partial charge >= 0.3 is 5.97 Å². The van der Waals surface area contributed by atoms with Crippen LogP contribution in [0.2, 0.25) is 0 Å². The van der Waals surface area contributed by atoms with E-state index >= 15 is 0 Å². The van der Waals surface area contributed by atoms with Crippen molar-refractivity contribution in [1.82, 2.24) is 0 Å². The van der Waals surface area contributed by atoms with Crippen LogP contribution < -0.4 is 4.74 Å². The van der Waals surface area contributed by atoms with Crippen LogP contribution in [0.3, 0.4) is 0 Å². The maximum Gasteiger partial charge on any atom is 0.339 e. The molecule has 124 valence electrons. The molecule has 4 heteroatoms. The average molecular weight is 332 g/mol. The van der Waals surface area contributed by atoms with Crippen molar-refractivity contribution in [3.8, 4) is 11.5 Å². The second-order valence-corrected chi connectivity index (χ2v) is 6.73. The van der Waals surface area contributed by atoms with E-state index in [4.69, 9.17) is 9.47 Å². The highest BCUT2D eigenvalue weighted by Crippen LogP contribution is 2.55. The molecule has 2 aromatic rings. The number of fused-ring (bicyclic) bond motifs is 6. The van der Waals surface area contributed by atoms with E-state index in [1.165, 1.54) is 0 Å². The number of ether oxygens (including phenoxy) is 2. The lowest BCUT2D eigenvalue weighted by molar-refractivity contribution is -0.0416. The lowest BCUT2D eigenvalue weighted by Crippen LogP contribution is -2.48. The Bertz CT molecular complexity index is 972. The summed E-state index contributed by atoms with van der Waals surface area (Å²) in [6, 6.07) is 10.8. The quantitative estimate of drug-likeness (QED) is 0.749. The zero-order valence-electron chi connectivity index (χ0n) is 13.6. The van der Waals surface area contributed by atoms with Gasteiger partial charge in [0.05, 0.1) is 11.5 Å². The molecule has 2 heterocycles. The molecule has 25 heavy (non-hydrogen) atoms. The molecule has 2 aliphatic heterocycles. The molecule has 3 atom stereocenters. The second kappa shape index (κ2) is 4.76. The monoisotopic (exact) mass is 332 g/mol. The predicted octanol–water partition coefficient (Wildman–Crippen LogP) is 3.62. The number of allylic oxidation sites excluding steroid dienone is 2. The zero-order chi connectivity index (χ0) is 17.2. The fourth-order valence-corrected chi connectivity index (χ4v) is 4.16. The minimum Gasteiger partial charge on any atom is -0.508 e. The number of aromatic hydroxyl groups is 1. The van der Waals surface area contributed by atoms with E-state index in [9.17, 15) is 9.90 Å². The molecular formula is C21H16O4. The molecule has 0 amide bonds. The fourth-order valence-electron chi connectivity index (χ4n) is 4.16. The number of phenols is 1. The average Bonchev–Trinajstić information content (AvgIpc) is 2.88. The van der Waals surface area contributed by atoms with Gasteiger partial charge in [-0.05, 0) is 31.2 Å². The normalized spacial score (nSPS) is 28.1. The Morgan fingerprint density at radius 3 is 2.72 bits per heavy atom. The molecule has 3 unspecified atom stereocenters. The van der Waals surface area contributed by atoms with E-state index < -0.39 is 5.60 Å². The minimum absolute atomic E-state index is 0.121. The fraction of sp³-hybridized carbons (Fsp3) is 0.190. The summed E-state index contributed by atoms with van der Waals surface area (Å²) < 4.78 is 12.2. The van der Waals surface area contributed by atoms with Gasteiger partial charge in [0.25, 0.3) is 0 Å². The van der Waals surface area contributed by atoms with Gasteiger partial charge in [-0.25, -0.2) is 4.79 Å². The van der Waals surface area contributed by atoms with Gasteiger partial charge in [-0.2, -0.15) is 0 Å². The zero-order valence-corrected chi connectivity index (χ0v) is 13.6. The molecule has 2 aromatic carbocycles. The van der Waals surface area contributed by atoms with Crippen molar-refractivity contribution in [2.45, 2.75) is 18.6 Å². The van der Waals surface area contributed by atoms with Crippen LogP contribution in [-0.4, -0.2) is 17.2 Å². The predicted molar refractivity (Wildman–Crippen MR) is 91.7 cm³/mol. The Hall–Kier alpha value is -3.01. The maximum atomic E-state index is 12.7. The summed E-state index contributed by atoms with van der Waals surface area (Å²) in [7, 11) is 0. The van der Waals surface area contributed by atoms with Gasteiger partial charge in [-0.1, -0.05) is 35.9 Å². The van der Waals surface area contributed by atoms with Crippen molar-refractivity contribution >= 4 is 5.97 Å². The van der Waals surface area contributed by atoms with E-state index in [1.807, 2.05) is 49.4 Å². The van der Waals surface area contributed by atoms with E-state index in [2.05, 4.69) is 0 Å². The minimum atomic E-state index is -0.937. The summed E-state index contributed by atoms with van der Waals surface area (Å²) in [6.45, 7) is 1.96. The first-order valence-corrected chi connectivity index (χ1v) is 8.29. The van der Waals surface area contributed by atoms with Gasteiger partial charge in [0, 0.05) is 17.2 Å². The van der Waals surface area contributed by atoms with Gasteiger partial charge in [0.1, 0.15) is 17.6 Å². The van der Waals surface area contributed by atoms with E-state index in [-0.39, 0.29) is 23.7 Å². The molecule has 0 radical (unpaired) electrons. The number of hydrogen-bond acceptors (Lipinski definition) is 4. The molecule has 0 fully saturated rings. The molecule has 0 bridgehead atoms. The Kier molecular flexibility index (Phi) is 2.73. The number of carbonyl (C=O) groups excluding carboxylic acids is 1. The summed E-state index contributed by atoms with van der Waals surface area (Å²) in [6.07, 6.45) is 7.61. The third-order valence-electron chi connectivity index (χ3n) is 5.23. The molecule has 0 saturated carbocycles. The first-order chi connectivity index (χ1) is 12.1. The third kappa shape index (κ3) is 1.79. The van der Waals surface area contributed by atoms with Crippen LogP contribution in [0.5, 0.6) is 11.5 Å². The SMILES string of the molecule is Cc1ccc2c(c1)C(=O)OC21c2ccc(O)cc2OC2C=CC=CC21. The molecule has 1 aliphatic carbocycles. The molecule has 1 N–H and O–H groups in total. The highest BCUT2D eigenvalue weighted by molar-refractivity contribution is 5.96. The number of phenolic OH excluding ortho intramolecular Hbond substituents is 1. The van der Waals surface area contributed by atoms with Crippen molar-refractivity contribution < 1.29 is 19.4 Å². The third-order valence-corrected chi connectivity index (χ3v) is 5.23. The molecule has 1 spiro atoms. The van der Waals surface area contributed by atoms with E-state index in [0.717, 1.165) is 16.7 Å². The number of aryl methyl sites for hydroxylation is 1. The van der Waals surface area contributed by atoms with Crippen LogP contribution in [-0.2, 0) is 10.3 Å². The van der Waals surface area contributed by atoms with Gasteiger partial charge < -0.3 is 14.6 Å². The summed E-state index contributed by atoms with van der Waals surface area (Å²) >= 11 is 0. The molecule has 0 aromatic heterocycles.